The number of hydrogen-bond acceptors (Lipinski definition) is 3. The summed E-state index contributed by atoms with van der Waals surface area (Å²) in [5.41, 5.74) is 3.59. The van der Waals surface area contributed by atoms with E-state index in [9.17, 15) is 0 Å². The second-order valence-corrected chi connectivity index (χ2v) is 5.86. The van der Waals surface area contributed by atoms with Crippen molar-refractivity contribution in [2.24, 2.45) is 0 Å². The summed E-state index contributed by atoms with van der Waals surface area (Å²) in [6.45, 7) is 5.23. The fraction of sp³-hybridized carbons (Fsp3) is 0.353. The highest BCUT2D eigenvalue weighted by Gasteiger charge is 2.19. The highest BCUT2D eigenvalue weighted by molar-refractivity contribution is 9.10. The molecule has 21 heavy (non-hydrogen) atoms. The van der Waals surface area contributed by atoms with E-state index in [1.165, 1.54) is 16.7 Å². The van der Waals surface area contributed by atoms with Crippen LogP contribution in [0.25, 0.3) is 0 Å². The minimum atomic E-state index is 0.100. The van der Waals surface area contributed by atoms with Gasteiger partial charge in [0.25, 0.3) is 0 Å². The van der Waals surface area contributed by atoms with E-state index in [0.717, 1.165) is 23.2 Å². The van der Waals surface area contributed by atoms with Crippen LogP contribution in [-0.2, 0) is 0 Å². The van der Waals surface area contributed by atoms with Crippen LogP contribution in [-0.4, -0.2) is 18.6 Å². The van der Waals surface area contributed by atoms with Crippen molar-refractivity contribution in [1.29, 1.82) is 0 Å². The molecular formula is C17H21BrN2O. The number of ether oxygens (including phenoxy) is 1. The SMILES string of the molecule is CCCNC(c1cnccc1C)c1cc(OC)ccc1Br. The lowest BCUT2D eigenvalue weighted by Crippen LogP contribution is -2.24. The molecule has 0 amide bonds. The van der Waals surface area contributed by atoms with Gasteiger partial charge in [0.1, 0.15) is 5.75 Å². The number of methoxy groups -OCH3 is 1. The van der Waals surface area contributed by atoms with Crippen LogP contribution in [0.4, 0.5) is 0 Å². The number of aromatic nitrogens is 1. The molecule has 2 rings (SSSR count). The molecule has 1 aromatic heterocycles. The van der Waals surface area contributed by atoms with Crippen molar-refractivity contribution in [2.45, 2.75) is 26.3 Å². The summed E-state index contributed by atoms with van der Waals surface area (Å²) < 4.78 is 6.44. The van der Waals surface area contributed by atoms with E-state index < -0.39 is 0 Å². The zero-order chi connectivity index (χ0) is 15.2. The lowest BCUT2D eigenvalue weighted by Gasteiger charge is -2.22. The van der Waals surface area contributed by atoms with Crippen molar-refractivity contribution in [2.75, 3.05) is 13.7 Å². The molecule has 1 atom stereocenters. The van der Waals surface area contributed by atoms with Gasteiger partial charge >= 0.3 is 0 Å². The van der Waals surface area contributed by atoms with Gasteiger partial charge in [-0.15, -0.1) is 0 Å². The second kappa shape index (κ2) is 7.57. The first-order valence-corrected chi connectivity index (χ1v) is 7.94. The van der Waals surface area contributed by atoms with Crippen molar-refractivity contribution >= 4 is 15.9 Å². The number of pyridine rings is 1. The maximum atomic E-state index is 5.37. The molecule has 0 aliphatic carbocycles. The Hall–Kier alpha value is -1.39. The van der Waals surface area contributed by atoms with Crippen LogP contribution in [0.2, 0.25) is 0 Å². The Morgan fingerprint density at radius 1 is 1.29 bits per heavy atom. The molecule has 4 heteroatoms. The fourth-order valence-corrected chi connectivity index (χ4v) is 2.80. The van der Waals surface area contributed by atoms with E-state index in [-0.39, 0.29) is 6.04 Å². The van der Waals surface area contributed by atoms with Gasteiger partial charge in [0, 0.05) is 16.9 Å². The van der Waals surface area contributed by atoms with E-state index >= 15 is 0 Å². The maximum Gasteiger partial charge on any atom is 0.119 e. The highest BCUT2D eigenvalue weighted by atomic mass is 79.9. The molecule has 1 N–H and O–H groups in total. The Morgan fingerprint density at radius 3 is 2.76 bits per heavy atom. The van der Waals surface area contributed by atoms with Gasteiger partial charge in [-0.05, 0) is 60.8 Å². The van der Waals surface area contributed by atoms with E-state index in [4.69, 9.17) is 4.74 Å². The van der Waals surface area contributed by atoms with Crippen LogP contribution < -0.4 is 10.1 Å². The standard InChI is InChI=1S/C17H21BrN2O/c1-4-8-20-17(15-11-19-9-7-12(15)2)14-10-13(21-3)5-6-16(14)18/h5-7,9-11,17,20H,4,8H2,1-3H3. The third-order valence-corrected chi connectivity index (χ3v) is 4.23. The second-order valence-electron chi connectivity index (χ2n) is 5.01. The van der Waals surface area contributed by atoms with Crippen LogP contribution in [0.15, 0.2) is 41.1 Å². The van der Waals surface area contributed by atoms with Gasteiger partial charge in [0.2, 0.25) is 0 Å². The van der Waals surface area contributed by atoms with Crippen LogP contribution in [0.5, 0.6) is 5.75 Å². The van der Waals surface area contributed by atoms with Gasteiger partial charge in [0.05, 0.1) is 13.2 Å². The predicted molar refractivity (Wildman–Crippen MR) is 89.8 cm³/mol. The Morgan fingerprint density at radius 2 is 2.10 bits per heavy atom. The average Bonchev–Trinajstić information content (AvgIpc) is 2.50. The van der Waals surface area contributed by atoms with Crippen LogP contribution in [0.3, 0.4) is 0 Å². The monoisotopic (exact) mass is 348 g/mol. The third kappa shape index (κ3) is 3.83. The number of halogens is 1. The molecule has 0 saturated heterocycles. The molecule has 2 aromatic rings. The first-order valence-electron chi connectivity index (χ1n) is 7.14. The molecule has 0 aliphatic rings. The lowest BCUT2D eigenvalue weighted by atomic mass is 9.96. The first kappa shape index (κ1) is 16.0. The zero-order valence-corrected chi connectivity index (χ0v) is 14.3. The van der Waals surface area contributed by atoms with E-state index in [2.05, 4.69) is 46.1 Å². The largest absolute Gasteiger partial charge is 0.497 e. The molecule has 1 aromatic carbocycles. The normalized spacial score (nSPS) is 12.2. The van der Waals surface area contributed by atoms with E-state index in [1.807, 2.05) is 30.6 Å². The van der Waals surface area contributed by atoms with Gasteiger partial charge in [-0.2, -0.15) is 0 Å². The Bertz CT molecular complexity index is 601. The van der Waals surface area contributed by atoms with Crippen molar-refractivity contribution < 1.29 is 4.74 Å². The summed E-state index contributed by atoms with van der Waals surface area (Å²) in [4.78, 5) is 4.29. The molecular weight excluding hydrogens is 328 g/mol. The van der Waals surface area contributed by atoms with Crippen molar-refractivity contribution in [3.8, 4) is 5.75 Å². The smallest absolute Gasteiger partial charge is 0.119 e. The molecule has 0 radical (unpaired) electrons. The molecule has 0 saturated carbocycles. The van der Waals surface area contributed by atoms with E-state index in [1.54, 1.807) is 7.11 Å². The lowest BCUT2D eigenvalue weighted by molar-refractivity contribution is 0.413. The number of hydrogen-bond donors (Lipinski definition) is 1. The molecule has 1 heterocycles. The van der Waals surface area contributed by atoms with Gasteiger partial charge in [-0.3, -0.25) is 4.98 Å². The van der Waals surface area contributed by atoms with Crippen LogP contribution >= 0.6 is 15.9 Å². The van der Waals surface area contributed by atoms with Crippen molar-refractivity contribution in [3.63, 3.8) is 0 Å². The minimum Gasteiger partial charge on any atom is -0.497 e. The maximum absolute atomic E-state index is 5.37. The minimum absolute atomic E-state index is 0.100. The average molecular weight is 349 g/mol. The predicted octanol–water partition coefficient (Wildman–Crippen LogP) is 4.25. The molecule has 112 valence electrons. The Kier molecular flexibility index (Phi) is 5.76. The summed E-state index contributed by atoms with van der Waals surface area (Å²) in [6, 6.07) is 8.21. The topological polar surface area (TPSA) is 34.2 Å². The van der Waals surface area contributed by atoms with Gasteiger partial charge in [-0.1, -0.05) is 22.9 Å². The molecule has 1 unspecified atom stereocenters. The summed E-state index contributed by atoms with van der Waals surface area (Å²) in [7, 11) is 1.69. The number of aryl methyl sites for hydroxylation is 1. The molecule has 0 spiro atoms. The number of nitrogens with zero attached hydrogens (tertiary/aromatic N) is 1. The van der Waals surface area contributed by atoms with Crippen molar-refractivity contribution in [1.82, 2.24) is 10.3 Å². The quantitative estimate of drug-likeness (QED) is 0.847. The Labute approximate surface area is 134 Å². The molecule has 0 fully saturated rings. The molecule has 0 aliphatic heterocycles. The van der Waals surface area contributed by atoms with Crippen molar-refractivity contribution in [3.05, 3.63) is 57.8 Å². The third-order valence-electron chi connectivity index (χ3n) is 3.50. The van der Waals surface area contributed by atoms with E-state index in [0.29, 0.717) is 0 Å². The summed E-state index contributed by atoms with van der Waals surface area (Å²) >= 11 is 3.66. The number of rotatable bonds is 6. The van der Waals surface area contributed by atoms with Crippen LogP contribution in [0.1, 0.15) is 36.1 Å². The molecule has 3 nitrogen and oxygen atoms in total. The number of nitrogens with one attached hydrogen (secondary N) is 1. The first-order chi connectivity index (χ1) is 10.2. The highest BCUT2D eigenvalue weighted by Crippen LogP contribution is 2.32. The fourth-order valence-electron chi connectivity index (χ4n) is 2.32. The molecule has 0 bridgehead atoms. The zero-order valence-electron chi connectivity index (χ0n) is 12.7. The van der Waals surface area contributed by atoms with Gasteiger partial charge in [-0.25, -0.2) is 0 Å². The van der Waals surface area contributed by atoms with Gasteiger partial charge < -0.3 is 10.1 Å². The summed E-state index contributed by atoms with van der Waals surface area (Å²) in [5.74, 6) is 0.859. The summed E-state index contributed by atoms with van der Waals surface area (Å²) in [5, 5.41) is 3.61. The number of benzene rings is 1. The Balaban J connectivity index is 2.48. The summed E-state index contributed by atoms with van der Waals surface area (Å²) in [6.07, 6.45) is 4.85. The van der Waals surface area contributed by atoms with Crippen LogP contribution in [0, 0.1) is 6.92 Å². The van der Waals surface area contributed by atoms with Gasteiger partial charge in [0.15, 0.2) is 0 Å².